The molecule has 0 aliphatic carbocycles. The fraction of sp³-hybridized carbons (Fsp3) is 0.833. The molecule has 1 N–H and O–H groups in total. The minimum absolute atomic E-state index is 0.526. The lowest BCUT2D eigenvalue weighted by Gasteiger charge is -2.21. The number of aromatic nitrogens is 3. The van der Waals surface area contributed by atoms with Gasteiger partial charge in [-0.05, 0) is 32.6 Å². The first-order valence-electron chi connectivity index (χ1n) is 6.16. The minimum Gasteiger partial charge on any atom is -0.312 e. The molecule has 1 aromatic rings. The summed E-state index contributed by atoms with van der Waals surface area (Å²) in [5, 5.41) is 7.71. The summed E-state index contributed by atoms with van der Waals surface area (Å²) in [5.74, 6) is 0.755. The summed E-state index contributed by atoms with van der Waals surface area (Å²) in [4.78, 5) is 3.93. The lowest BCUT2D eigenvalue weighted by Crippen LogP contribution is -2.36. The molecule has 0 amide bonds. The summed E-state index contributed by atoms with van der Waals surface area (Å²) in [6.45, 7) is 9.94. The SMILES string of the molecule is CC(C)CC(C)NC(C)CCn1cncn1. The third-order valence-corrected chi connectivity index (χ3v) is 2.65. The van der Waals surface area contributed by atoms with E-state index in [9.17, 15) is 0 Å². The molecule has 4 heteroatoms. The molecule has 0 saturated heterocycles. The summed E-state index contributed by atoms with van der Waals surface area (Å²) >= 11 is 0. The first-order valence-corrected chi connectivity index (χ1v) is 6.16. The Kier molecular flexibility index (Phi) is 5.46. The number of nitrogens with one attached hydrogen (secondary N) is 1. The van der Waals surface area contributed by atoms with Crippen molar-refractivity contribution < 1.29 is 0 Å². The zero-order valence-corrected chi connectivity index (χ0v) is 10.8. The standard InChI is InChI=1S/C12H24N4/c1-10(2)7-12(4)15-11(3)5-6-16-9-13-8-14-16/h8-12,15H,5-7H2,1-4H3. The quantitative estimate of drug-likeness (QED) is 0.771. The maximum absolute atomic E-state index is 4.09. The van der Waals surface area contributed by atoms with E-state index < -0.39 is 0 Å². The molecule has 1 aromatic heterocycles. The Balaban J connectivity index is 2.17. The van der Waals surface area contributed by atoms with Crippen LogP contribution in [0.5, 0.6) is 0 Å². The molecule has 2 unspecified atom stereocenters. The van der Waals surface area contributed by atoms with E-state index in [4.69, 9.17) is 0 Å². The molecular formula is C12H24N4. The molecule has 92 valence electrons. The zero-order valence-electron chi connectivity index (χ0n) is 10.8. The molecule has 4 nitrogen and oxygen atoms in total. The van der Waals surface area contributed by atoms with Crippen LogP contribution in [0.15, 0.2) is 12.7 Å². The van der Waals surface area contributed by atoms with Gasteiger partial charge < -0.3 is 5.32 Å². The van der Waals surface area contributed by atoms with Gasteiger partial charge >= 0.3 is 0 Å². The number of nitrogens with zero attached hydrogens (tertiary/aromatic N) is 3. The van der Waals surface area contributed by atoms with Crippen LogP contribution >= 0.6 is 0 Å². The molecule has 0 radical (unpaired) electrons. The molecule has 0 aromatic carbocycles. The van der Waals surface area contributed by atoms with Crippen LogP contribution < -0.4 is 5.32 Å². The number of hydrogen-bond acceptors (Lipinski definition) is 3. The van der Waals surface area contributed by atoms with E-state index in [1.807, 2.05) is 4.68 Å². The van der Waals surface area contributed by atoms with E-state index in [1.54, 1.807) is 12.7 Å². The van der Waals surface area contributed by atoms with Gasteiger partial charge in [0, 0.05) is 18.6 Å². The highest BCUT2D eigenvalue weighted by atomic mass is 15.3. The van der Waals surface area contributed by atoms with Gasteiger partial charge in [-0.25, -0.2) is 4.98 Å². The van der Waals surface area contributed by atoms with Crippen LogP contribution in [0.1, 0.15) is 40.5 Å². The Morgan fingerprint density at radius 1 is 1.19 bits per heavy atom. The summed E-state index contributed by atoms with van der Waals surface area (Å²) < 4.78 is 1.88. The molecule has 0 saturated carbocycles. The Morgan fingerprint density at radius 3 is 2.50 bits per heavy atom. The van der Waals surface area contributed by atoms with Crippen molar-refractivity contribution in [3.05, 3.63) is 12.7 Å². The summed E-state index contributed by atoms with van der Waals surface area (Å²) in [6, 6.07) is 1.11. The highest BCUT2D eigenvalue weighted by molar-refractivity contribution is 4.69. The maximum atomic E-state index is 4.09. The van der Waals surface area contributed by atoms with Gasteiger partial charge in [0.15, 0.2) is 0 Å². The van der Waals surface area contributed by atoms with Gasteiger partial charge in [0.1, 0.15) is 12.7 Å². The first-order chi connectivity index (χ1) is 7.58. The van der Waals surface area contributed by atoms with Gasteiger partial charge in [0.05, 0.1) is 0 Å². The van der Waals surface area contributed by atoms with Crippen molar-refractivity contribution in [1.82, 2.24) is 20.1 Å². The van der Waals surface area contributed by atoms with Crippen LogP contribution in [0.25, 0.3) is 0 Å². The fourth-order valence-electron chi connectivity index (χ4n) is 2.02. The molecule has 0 spiro atoms. The normalized spacial score (nSPS) is 15.3. The van der Waals surface area contributed by atoms with Crippen LogP contribution in [0, 0.1) is 5.92 Å². The summed E-state index contributed by atoms with van der Waals surface area (Å²) in [7, 11) is 0. The molecular weight excluding hydrogens is 200 g/mol. The number of aryl methyl sites for hydroxylation is 1. The van der Waals surface area contributed by atoms with Crippen molar-refractivity contribution in [2.45, 2.75) is 59.2 Å². The van der Waals surface area contributed by atoms with Crippen molar-refractivity contribution >= 4 is 0 Å². The van der Waals surface area contributed by atoms with E-state index in [1.165, 1.54) is 6.42 Å². The van der Waals surface area contributed by atoms with E-state index in [-0.39, 0.29) is 0 Å². The van der Waals surface area contributed by atoms with E-state index in [2.05, 4.69) is 43.1 Å². The average molecular weight is 224 g/mol. The lowest BCUT2D eigenvalue weighted by atomic mass is 10.0. The molecule has 0 fully saturated rings. The second kappa shape index (κ2) is 6.63. The molecule has 0 aliphatic rings. The van der Waals surface area contributed by atoms with E-state index >= 15 is 0 Å². The molecule has 2 atom stereocenters. The topological polar surface area (TPSA) is 42.7 Å². The highest BCUT2D eigenvalue weighted by Gasteiger charge is 2.09. The van der Waals surface area contributed by atoms with Crippen LogP contribution in [-0.4, -0.2) is 26.8 Å². The largest absolute Gasteiger partial charge is 0.312 e. The predicted molar refractivity (Wildman–Crippen MR) is 66.2 cm³/mol. The van der Waals surface area contributed by atoms with Crippen molar-refractivity contribution in [3.8, 4) is 0 Å². The molecule has 16 heavy (non-hydrogen) atoms. The van der Waals surface area contributed by atoms with Gasteiger partial charge in [-0.15, -0.1) is 0 Å². The van der Waals surface area contributed by atoms with Crippen LogP contribution in [-0.2, 0) is 6.54 Å². The Bertz CT molecular complexity index is 269. The van der Waals surface area contributed by atoms with Crippen LogP contribution in [0.2, 0.25) is 0 Å². The Morgan fingerprint density at radius 2 is 1.94 bits per heavy atom. The second-order valence-corrected chi connectivity index (χ2v) is 5.05. The van der Waals surface area contributed by atoms with Crippen molar-refractivity contribution in [2.24, 2.45) is 5.92 Å². The third-order valence-electron chi connectivity index (χ3n) is 2.65. The Hall–Kier alpha value is -0.900. The molecule has 1 heterocycles. The third kappa shape index (κ3) is 5.26. The smallest absolute Gasteiger partial charge is 0.137 e. The minimum atomic E-state index is 0.526. The number of rotatable bonds is 7. The zero-order chi connectivity index (χ0) is 12.0. The summed E-state index contributed by atoms with van der Waals surface area (Å²) in [6.07, 6.45) is 5.67. The van der Waals surface area contributed by atoms with Crippen molar-refractivity contribution in [1.29, 1.82) is 0 Å². The molecule has 0 bridgehead atoms. The van der Waals surface area contributed by atoms with Crippen molar-refractivity contribution in [2.75, 3.05) is 0 Å². The van der Waals surface area contributed by atoms with Crippen LogP contribution in [0.4, 0.5) is 0 Å². The monoisotopic (exact) mass is 224 g/mol. The maximum Gasteiger partial charge on any atom is 0.137 e. The fourth-order valence-corrected chi connectivity index (χ4v) is 2.02. The summed E-state index contributed by atoms with van der Waals surface area (Å²) in [5.41, 5.74) is 0. The average Bonchev–Trinajstić information content (AvgIpc) is 2.65. The van der Waals surface area contributed by atoms with Gasteiger partial charge in [-0.3, -0.25) is 4.68 Å². The molecule has 1 rings (SSSR count). The predicted octanol–water partition coefficient (Wildman–Crippen LogP) is 2.08. The van der Waals surface area contributed by atoms with Gasteiger partial charge in [-0.2, -0.15) is 5.10 Å². The molecule has 0 aliphatic heterocycles. The highest BCUT2D eigenvalue weighted by Crippen LogP contribution is 2.05. The first kappa shape index (κ1) is 13.2. The van der Waals surface area contributed by atoms with Gasteiger partial charge in [0.2, 0.25) is 0 Å². The Labute approximate surface area is 98.5 Å². The van der Waals surface area contributed by atoms with Gasteiger partial charge in [-0.1, -0.05) is 13.8 Å². The van der Waals surface area contributed by atoms with Crippen molar-refractivity contribution in [3.63, 3.8) is 0 Å². The van der Waals surface area contributed by atoms with E-state index in [0.29, 0.717) is 12.1 Å². The van der Waals surface area contributed by atoms with Crippen LogP contribution in [0.3, 0.4) is 0 Å². The number of hydrogen-bond donors (Lipinski definition) is 1. The van der Waals surface area contributed by atoms with E-state index in [0.717, 1.165) is 18.9 Å². The van der Waals surface area contributed by atoms with Gasteiger partial charge in [0.25, 0.3) is 0 Å². The second-order valence-electron chi connectivity index (χ2n) is 5.05. The lowest BCUT2D eigenvalue weighted by molar-refractivity contribution is 0.374.